The summed E-state index contributed by atoms with van der Waals surface area (Å²) in [6.45, 7) is 7.07. The van der Waals surface area contributed by atoms with E-state index in [-0.39, 0.29) is 0 Å². The largest absolute Gasteiger partial charge is 0.493 e. The van der Waals surface area contributed by atoms with E-state index in [1.807, 2.05) is 6.07 Å². The van der Waals surface area contributed by atoms with Crippen LogP contribution in [0.2, 0.25) is 0 Å². The fourth-order valence-corrected chi connectivity index (χ4v) is 3.71. The predicted octanol–water partition coefficient (Wildman–Crippen LogP) is 3.50. The lowest BCUT2D eigenvalue weighted by molar-refractivity contribution is 0.132. The van der Waals surface area contributed by atoms with Crippen molar-refractivity contribution in [2.24, 2.45) is 0 Å². The van der Waals surface area contributed by atoms with E-state index in [9.17, 15) is 0 Å². The molecule has 0 unspecified atom stereocenters. The van der Waals surface area contributed by atoms with E-state index in [0.29, 0.717) is 0 Å². The molecule has 146 valence electrons. The Hall–Kier alpha value is -2.04. The maximum Gasteiger partial charge on any atom is 0.160 e. The third kappa shape index (κ3) is 5.98. The molecule has 0 saturated carbocycles. The highest BCUT2D eigenvalue weighted by molar-refractivity contribution is 5.42. The molecule has 1 saturated heterocycles. The first-order valence-corrected chi connectivity index (χ1v) is 9.98. The van der Waals surface area contributed by atoms with Gasteiger partial charge in [-0.25, -0.2) is 0 Å². The second kappa shape index (κ2) is 10.3. The van der Waals surface area contributed by atoms with Crippen LogP contribution in [0.1, 0.15) is 17.5 Å². The Labute approximate surface area is 163 Å². The normalized spacial score (nSPS) is 15.6. The van der Waals surface area contributed by atoms with Gasteiger partial charge in [0.1, 0.15) is 0 Å². The lowest BCUT2D eigenvalue weighted by Gasteiger charge is -2.34. The van der Waals surface area contributed by atoms with Gasteiger partial charge in [0.05, 0.1) is 14.2 Å². The van der Waals surface area contributed by atoms with Crippen molar-refractivity contribution in [1.29, 1.82) is 0 Å². The second-order valence-corrected chi connectivity index (χ2v) is 7.21. The Morgan fingerprint density at radius 3 is 2.04 bits per heavy atom. The molecule has 0 N–H and O–H groups in total. The first-order valence-electron chi connectivity index (χ1n) is 9.98. The Morgan fingerprint density at radius 1 is 0.704 bits per heavy atom. The molecule has 0 atom stereocenters. The molecule has 0 radical (unpaired) electrons. The van der Waals surface area contributed by atoms with Crippen molar-refractivity contribution in [3.63, 3.8) is 0 Å². The minimum atomic E-state index is 0.799. The maximum atomic E-state index is 5.40. The molecule has 0 aliphatic carbocycles. The molecule has 1 fully saturated rings. The number of piperazine rings is 1. The summed E-state index contributed by atoms with van der Waals surface area (Å²) in [4.78, 5) is 5.19. The number of aryl methyl sites for hydroxylation is 1. The van der Waals surface area contributed by atoms with Gasteiger partial charge < -0.3 is 19.3 Å². The molecule has 0 amide bonds. The third-order valence-corrected chi connectivity index (χ3v) is 5.41. The topological polar surface area (TPSA) is 24.9 Å². The molecule has 4 heteroatoms. The zero-order chi connectivity index (χ0) is 18.9. The van der Waals surface area contributed by atoms with Crippen LogP contribution >= 0.6 is 0 Å². The minimum absolute atomic E-state index is 0.799. The Kier molecular flexibility index (Phi) is 7.55. The Balaban J connectivity index is 1.35. The summed E-state index contributed by atoms with van der Waals surface area (Å²) in [5.41, 5.74) is 2.75. The van der Waals surface area contributed by atoms with Crippen LogP contribution in [0.15, 0.2) is 48.5 Å². The molecule has 2 aromatic carbocycles. The van der Waals surface area contributed by atoms with E-state index in [1.54, 1.807) is 14.2 Å². The second-order valence-electron chi connectivity index (χ2n) is 7.21. The van der Waals surface area contributed by atoms with Gasteiger partial charge in [-0.15, -0.1) is 0 Å². The van der Waals surface area contributed by atoms with Crippen LogP contribution in [0.4, 0.5) is 0 Å². The molecule has 1 heterocycles. The van der Waals surface area contributed by atoms with Crippen LogP contribution in [0.3, 0.4) is 0 Å². The van der Waals surface area contributed by atoms with Crippen LogP contribution in [-0.2, 0) is 12.8 Å². The van der Waals surface area contributed by atoms with E-state index < -0.39 is 0 Å². The smallest absolute Gasteiger partial charge is 0.160 e. The van der Waals surface area contributed by atoms with Crippen molar-refractivity contribution in [3.8, 4) is 11.5 Å². The lowest BCUT2D eigenvalue weighted by Crippen LogP contribution is -2.47. The van der Waals surface area contributed by atoms with Crippen molar-refractivity contribution in [3.05, 3.63) is 59.7 Å². The summed E-state index contributed by atoms with van der Waals surface area (Å²) in [7, 11) is 3.37. The zero-order valence-corrected chi connectivity index (χ0v) is 16.7. The molecule has 1 aliphatic heterocycles. The van der Waals surface area contributed by atoms with Gasteiger partial charge in [0.15, 0.2) is 11.5 Å². The summed E-state index contributed by atoms with van der Waals surface area (Å²) in [6.07, 6.45) is 3.41. The SMILES string of the molecule is COc1ccc(CCCN2CCN(CCc3ccccc3)CC2)cc1OC. The number of rotatable bonds is 9. The van der Waals surface area contributed by atoms with Gasteiger partial charge in [0.25, 0.3) is 0 Å². The molecule has 3 rings (SSSR count). The standard InChI is InChI=1S/C23H32N2O2/c1-26-22-11-10-21(19-23(22)27-2)9-6-13-24-15-17-25(18-16-24)14-12-20-7-4-3-5-8-20/h3-5,7-8,10-11,19H,6,9,12-18H2,1-2H3. The first-order chi connectivity index (χ1) is 13.3. The lowest BCUT2D eigenvalue weighted by atomic mass is 10.1. The molecule has 1 aliphatic rings. The van der Waals surface area contributed by atoms with Crippen molar-refractivity contribution in [1.82, 2.24) is 9.80 Å². The van der Waals surface area contributed by atoms with Gasteiger partial charge >= 0.3 is 0 Å². The third-order valence-electron chi connectivity index (χ3n) is 5.41. The summed E-state index contributed by atoms with van der Waals surface area (Å²) in [5.74, 6) is 1.62. The van der Waals surface area contributed by atoms with E-state index in [0.717, 1.165) is 24.3 Å². The molecule has 0 aromatic heterocycles. The molecule has 0 spiro atoms. The predicted molar refractivity (Wildman–Crippen MR) is 111 cm³/mol. The average molecular weight is 369 g/mol. The number of hydrogen-bond acceptors (Lipinski definition) is 4. The minimum Gasteiger partial charge on any atom is -0.493 e. The molecule has 2 aromatic rings. The van der Waals surface area contributed by atoms with E-state index in [4.69, 9.17) is 9.47 Å². The van der Waals surface area contributed by atoms with Gasteiger partial charge in [-0.2, -0.15) is 0 Å². The van der Waals surface area contributed by atoms with Crippen LogP contribution in [0.5, 0.6) is 11.5 Å². The molecular weight excluding hydrogens is 336 g/mol. The molecule has 27 heavy (non-hydrogen) atoms. The monoisotopic (exact) mass is 368 g/mol. The van der Waals surface area contributed by atoms with Crippen molar-refractivity contribution >= 4 is 0 Å². The van der Waals surface area contributed by atoms with Crippen LogP contribution in [0, 0.1) is 0 Å². The fraction of sp³-hybridized carbons (Fsp3) is 0.478. The zero-order valence-electron chi connectivity index (χ0n) is 16.7. The molecule has 0 bridgehead atoms. The van der Waals surface area contributed by atoms with E-state index in [1.165, 1.54) is 56.8 Å². The van der Waals surface area contributed by atoms with E-state index >= 15 is 0 Å². The van der Waals surface area contributed by atoms with Crippen molar-refractivity contribution in [2.75, 3.05) is 53.5 Å². The highest BCUT2D eigenvalue weighted by Crippen LogP contribution is 2.28. The Bertz CT molecular complexity index is 682. The highest BCUT2D eigenvalue weighted by Gasteiger charge is 2.16. The van der Waals surface area contributed by atoms with Crippen LogP contribution < -0.4 is 9.47 Å². The van der Waals surface area contributed by atoms with Crippen LogP contribution in [0.25, 0.3) is 0 Å². The number of nitrogens with zero attached hydrogens (tertiary/aromatic N) is 2. The summed E-state index contributed by atoms with van der Waals surface area (Å²) >= 11 is 0. The number of methoxy groups -OCH3 is 2. The summed E-state index contributed by atoms with van der Waals surface area (Å²) in [5, 5.41) is 0. The van der Waals surface area contributed by atoms with Crippen LogP contribution in [-0.4, -0.2) is 63.3 Å². The van der Waals surface area contributed by atoms with Gasteiger partial charge in [-0.1, -0.05) is 36.4 Å². The average Bonchev–Trinajstić information content (AvgIpc) is 2.73. The summed E-state index contributed by atoms with van der Waals surface area (Å²) in [6, 6.07) is 17.0. The number of hydrogen-bond donors (Lipinski definition) is 0. The van der Waals surface area contributed by atoms with Gasteiger partial charge in [-0.3, -0.25) is 0 Å². The van der Waals surface area contributed by atoms with Crippen molar-refractivity contribution in [2.45, 2.75) is 19.3 Å². The fourth-order valence-electron chi connectivity index (χ4n) is 3.71. The quantitative estimate of drug-likeness (QED) is 0.676. The highest BCUT2D eigenvalue weighted by atomic mass is 16.5. The van der Waals surface area contributed by atoms with Gasteiger partial charge in [0, 0.05) is 32.7 Å². The van der Waals surface area contributed by atoms with Gasteiger partial charge in [0.2, 0.25) is 0 Å². The van der Waals surface area contributed by atoms with Crippen molar-refractivity contribution < 1.29 is 9.47 Å². The molecular formula is C23H32N2O2. The first kappa shape index (κ1) is 19.7. The molecule has 4 nitrogen and oxygen atoms in total. The maximum absolute atomic E-state index is 5.40. The van der Waals surface area contributed by atoms with Gasteiger partial charge in [-0.05, 0) is 49.1 Å². The summed E-state index contributed by atoms with van der Waals surface area (Å²) < 4.78 is 10.7. The number of ether oxygens (including phenoxy) is 2. The number of benzene rings is 2. The Morgan fingerprint density at radius 2 is 1.37 bits per heavy atom. The van der Waals surface area contributed by atoms with E-state index in [2.05, 4.69) is 52.3 Å².